The first-order valence-electron chi connectivity index (χ1n) is 6.27. The van der Waals surface area contributed by atoms with Crippen LogP contribution in [0.4, 0.5) is 11.9 Å². The van der Waals surface area contributed by atoms with Gasteiger partial charge in [0.25, 0.3) is 5.56 Å². The van der Waals surface area contributed by atoms with Crippen LogP contribution < -0.4 is 20.9 Å². The van der Waals surface area contributed by atoms with Crippen LogP contribution in [0.1, 0.15) is 5.69 Å². The molecule has 0 saturated carbocycles. The summed E-state index contributed by atoms with van der Waals surface area (Å²) >= 11 is 0. The topological polar surface area (TPSA) is 125 Å². The van der Waals surface area contributed by atoms with E-state index in [1.54, 1.807) is 6.07 Å². The molecule has 2 aromatic rings. The van der Waals surface area contributed by atoms with E-state index in [0.717, 1.165) is 0 Å². The van der Waals surface area contributed by atoms with Crippen molar-refractivity contribution in [3.63, 3.8) is 0 Å². The zero-order chi connectivity index (χ0) is 15.1. The second-order valence-corrected chi connectivity index (χ2v) is 4.03. The number of aromatic nitrogens is 4. The number of nitrogens with one attached hydrogen (secondary N) is 3. The molecule has 2 heterocycles. The molecule has 9 heteroatoms. The van der Waals surface area contributed by atoms with E-state index in [0.29, 0.717) is 24.7 Å². The van der Waals surface area contributed by atoms with Crippen LogP contribution in [0.15, 0.2) is 23.1 Å². The van der Waals surface area contributed by atoms with Crippen molar-refractivity contribution in [2.75, 3.05) is 25.6 Å². The summed E-state index contributed by atoms with van der Waals surface area (Å²) in [7, 11) is 1.50. The minimum Gasteiger partial charge on any atom is -0.481 e. The Kier molecular flexibility index (Phi) is 5.18. The van der Waals surface area contributed by atoms with Crippen LogP contribution in [0, 0.1) is 0 Å². The van der Waals surface area contributed by atoms with Gasteiger partial charge in [0.05, 0.1) is 19.4 Å². The number of methoxy groups -OCH3 is 1. The first kappa shape index (κ1) is 14.9. The van der Waals surface area contributed by atoms with Gasteiger partial charge in [-0.25, -0.2) is 9.97 Å². The van der Waals surface area contributed by atoms with E-state index in [1.807, 2.05) is 0 Å². The largest absolute Gasteiger partial charge is 0.481 e. The number of anilines is 2. The summed E-state index contributed by atoms with van der Waals surface area (Å²) in [4.78, 5) is 26.1. The minimum absolute atomic E-state index is 0.0441. The summed E-state index contributed by atoms with van der Waals surface area (Å²) < 4.78 is 5.10. The molecule has 0 fully saturated rings. The van der Waals surface area contributed by atoms with Gasteiger partial charge in [0, 0.05) is 31.4 Å². The molecule has 0 aliphatic heterocycles. The van der Waals surface area contributed by atoms with Crippen LogP contribution >= 0.6 is 0 Å². The molecular weight excluding hydrogens is 276 g/mol. The van der Waals surface area contributed by atoms with E-state index < -0.39 is 0 Å². The van der Waals surface area contributed by atoms with Crippen molar-refractivity contribution in [3.05, 3.63) is 34.4 Å². The Hall–Kier alpha value is -2.52. The fourth-order valence-corrected chi connectivity index (χ4v) is 1.56. The van der Waals surface area contributed by atoms with Crippen molar-refractivity contribution < 1.29 is 9.84 Å². The number of hydrogen-bond donors (Lipinski definition) is 4. The molecule has 2 aromatic heterocycles. The fourth-order valence-electron chi connectivity index (χ4n) is 1.56. The lowest BCUT2D eigenvalue weighted by atomic mass is 10.4. The molecule has 2 rings (SSSR count). The Labute approximate surface area is 120 Å². The predicted octanol–water partition coefficient (Wildman–Crippen LogP) is -0.606. The van der Waals surface area contributed by atoms with E-state index in [9.17, 15) is 4.79 Å². The Balaban J connectivity index is 2.17. The van der Waals surface area contributed by atoms with Crippen molar-refractivity contribution >= 4 is 11.9 Å². The van der Waals surface area contributed by atoms with Crippen LogP contribution in [0.2, 0.25) is 0 Å². The molecule has 0 amide bonds. The van der Waals surface area contributed by atoms with Crippen molar-refractivity contribution in [2.45, 2.75) is 6.54 Å². The van der Waals surface area contributed by atoms with E-state index in [4.69, 9.17) is 9.84 Å². The van der Waals surface area contributed by atoms with Crippen LogP contribution in [0.5, 0.6) is 5.88 Å². The zero-order valence-corrected chi connectivity index (χ0v) is 11.5. The standard InChI is InChI=1S/C12H16N6O3/c1-21-10-6-8(7-13-4-5-19)15-12(17-10)18-11-14-3-2-9(20)16-11/h2-3,6,13,19H,4-5,7H2,1H3,(H2,14,15,16,17,18,20). The van der Waals surface area contributed by atoms with Crippen molar-refractivity contribution in [1.82, 2.24) is 25.3 Å². The zero-order valence-electron chi connectivity index (χ0n) is 11.5. The van der Waals surface area contributed by atoms with Gasteiger partial charge in [-0.1, -0.05) is 0 Å². The Morgan fingerprint density at radius 1 is 1.43 bits per heavy atom. The number of rotatable bonds is 7. The summed E-state index contributed by atoms with van der Waals surface area (Å²) in [6, 6.07) is 2.98. The molecule has 0 aliphatic rings. The first-order valence-corrected chi connectivity index (χ1v) is 6.27. The molecule has 9 nitrogen and oxygen atoms in total. The summed E-state index contributed by atoms with van der Waals surface area (Å²) in [5.41, 5.74) is 0.399. The summed E-state index contributed by atoms with van der Waals surface area (Å²) in [5, 5.41) is 14.6. The maximum atomic E-state index is 11.2. The predicted molar refractivity (Wildman–Crippen MR) is 75.5 cm³/mol. The number of aromatic amines is 1. The minimum atomic E-state index is -0.278. The number of H-pyrrole nitrogens is 1. The maximum Gasteiger partial charge on any atom is 0.252 e. The normalized spacial score (nSPS) is 10.4. The van der Waals surface area contributed by atoms with Gasteiger partial charge in [-0.3, -0.25) is 15.1 Å². The molecule has 0 aromatic carbocycles. The van der Waals surface area contributed by atoms with Gasteiger partial charge in [0.2, 0.25) is 17.8 Å². The maximum absolute atomic E-state index is 11.2. The molecule has 21 heavy (non-hydrogen) atoms. The Morgan fingerprint density at radius 3 is 3.00 bits per heavy atom. The SMILES string of the molecule is COc1cc(CNCCO)nc(Nc2nccc(=O)[nH]2)n1. The first-order chi connectivity index (χ1) is 10.2. The quantitative estimate of drug-likeness (QED) is 0.498. The monoisotopic (exact) mass is 292 g/mol. The Bertz CT molecular complexity index is 645. The number of nitrogens with zero attached hydrogens (tertiary/aromatic N) is 3. The molecular formula is C12H16N6O3. The second-order valence-electron chi connectivity index (χ2n) is 4.03. The van der Waals surface area contributed by atoms with Gasteiger partial charge >= 0.3 is 0 Å². The number of aliphatic hydroxyl groups is 1. The van der Waals surface area contributed by atoms with Gasteiger partial charge < -0.3 is 15.2 Å². The third-order valence-electron chi connectivity index (χ3n) is 2.46. The number of hydrogen-bond acceptors (Lipinski definition) is 8. The highest BCUT2D eigenvalue weighted by Crippen LogP contribution is 2.14. The van der Waals surface area contributed by atoms with Gasteiger partial charge in [-0.2, -0.15) is 4.98 Å². The second kappa shape index (κ2) is 7.31. The van der Waals surface area contributed by atoms with Gasteiger partial charge in [0.1, 0.15) is 0 Å². The lowest BCUT2D eigenvalue weighted by molar-refractivity contribution is 0.291. The molecule has 4 N–H and O–H groups in total. The molecule has 0 radical (unpaired) electrons. The van der Waals surface area contributed by atoms with E-state index in [2.05, 4.69) is 30.6 Å². The lowest BCUT2D eigenvalue weighted by Crippen LogP contribution is -2.19. The summed E-state index contributed by atoms with van der Waals surface area (Å²) in [5.74, 6) is 0.876. The van der Waals surface area contributed by atoms with Gasteiger partial charge in [-0.15, -0.1) is 0 Å². The third-order valence-corrected chi connectivity index (χ3v) is 2.46. The number of aliphatic hydroxyl groups excluding tert-OH is 1. The summed E-state index contributed by atoms with van der Waals surface area (Å²) in [6.07, 6.45) is 1.38. The summed E-state index contributed by atoms with van der Waals surface area (Å²) in [6.45, 7) is 0.956. The highest BCUT2D eigenvalue weighted by molar-refractivity contribution is 5.43. The van der Waals surface area contributed by atoms with E-state index >= 15 is 0 Å². The number of ether oxygens (including phenoxy) is 1. The van der Waals surface area contributed by atoms with Crippen molar-refractivity contribution in [3.8, 4) is 5.88 Å². The van der Waals surface area contributed by atoms with Crippen LogP contribution in [0.3, 0.4) is 0 Å². The van der Waals surface area contributed by atoms with E-state index in [-0.39, 0.29) is 24.1 Å². The van der Waals surface area contributed by atoms with Crippen LogP contribution in [-0.2, 0) is 6.54 Å². The highest BCUT2D eigenvalue weighted by Gasteiger charge is 2.06. The average molecular weight is 292 g/mol. The van der Waals surface area contributed by atoms with Crippen LogP contribution in [-0.4, -0.2) is 45.3 Å². The van der Waals surface area contributed by atoms with Crippen molar-refractivity contribution in [1.29, 1.82) is 0 Å². The molecule has 112 valence electrons. The van der Waals surface area contributed by atoms with Crippen molar-refractivity contribution in [2.24, 2.45) is 0 Å². The molecule has 0 aliphatic carbocycles. The lowest BCUT2D eigenvalue weighted by Gasteiger charge is -2.08. The van der Waals surface area contributed by atoms with Crippen LogP contribution in [0.25, 0.3) is 0 Å². The van der Waals surface area contributed by atoms with Gasteiger partial charge in [0.15, 0.2) is 0 Å². The van der Waals surface area contributed by atoms with Gasteiger partial charge in [-0.05, 0) is 0 Å². The smallest absolute Gasteiger partial charge is 0.252 e. The fraction of sp³-hybridized carbons (Fsp3) is 0.333. The molecule has 0 saturated heterocycles. The molecule has 0 unspecified atom stereocenters. The Morgan fingerprint density at radius 2 is 2.29 bits per heavy atom. The average Bonchev–Trinajstić information content (AvgIpc) is 2.47. The van der Waals surface area contributed by atoms with E-state index in [1.165, 1.54) is 19.4 Å². The molecule has 0 spiro atoms. The molecule has 0 atom stereocenters. The highest BCUT2D eigenvalue weighted by atomic mass is 16.5. The third kappa shape index (κ3) is 4.51. The molecule has 0 bridgehead atoms.